The lowest BCUT2D eigenvalue weighted by Crippen LogP contribution is -2.40. The number of rotatable bonds is 11. The van der Waals surface area contributed by atoms with Crippen molar-refractivity contribution in [3.63, 3.8) is 0 Å². The molecule has 0 unspecified atom stereocenters. The van der Waals surface area contributed by atoms with Gasteiger partial charge in [-0.15, -0.1) is 0 Å². The lowest BCUT2D eigenvalue weighted by molar-refractivity contribution is -0.389. The van der Waals surface area contributed by atoms with Gasteiger partial charge in [0.1, 0.15) is 11.3 Å². The highest BCUT2D eigenvalue weighted by Gasteiger charge is 2.22. The molecule has 3 N–H and O–H groups in total. The zero-order valence-corrected chi connectivity index (χ0v) is 26.1. The first-order valence-corrected chi connectivity index (χ1v) is 15.2. The molecular weight excluding hydrogens is 604 g/mol. The second kappa shape index (κ2) is 15.4. The van der Waals surface area contributed by atoms with E-state index in [-0.39, 0.29) is 23.2 Å². The molecule has 1 aliphatic heterocycles. The third kappa shape index (κ3) is 10.5. The zero-order chi connectivity index (χ0) is 32.4. The van der Waals surface area contributed by atoms with E-state index in [0.29, 0.717) is 43.1 Å². The molecule has 0 bridgehead atoms. The fourth-order valence-electron chi connectivity index (χ4n) is 4.31. The summed E-state index contributed by atoms with van der Waals surface area (Å²) in [5.41, 5.74) is 0.842. The summed E-state index contributed by atoms with van der Waals surface area (Å²) >= 11 is 0.968. The topological polar surface area (TPSA) is 181 Å². The fourth-order valence-corrected chi connectivity index (χ4v) is 4.96. The van der Waals surface area contributed by atoms with Crippen LogP contribution in [0.25, 0.3) is 0 Å². The van der Waals surface area contributed by atoms with Crippen LogP contribution in [0, 0.1) is 10.1 Å². The van der Waals surface area contributed by atoms with Crippen LogP contribution in [0.15, 0.2) is 48.0 Å². The number of carbonyl (C=O) groups is 3. The van der Waals surface area contributed by atoms with E-state index in [4.69, 9.17) is 9.47 Å². The summed E-state index contributed by atoms with van der Waals surface area (Å²) in [4.78, 5) is 60.8. The first kappa shape index (κ1) is 33.2. The molecule has 0 aliphatic carbocycles. The Hall–Kier alpha value is -4.67. The lowest BCUT2D eigenvalue weighted by atomic mass is 10.2. The predicted octanol–water partition coefficient (Wildman–Crippen LogP) is 4.80. The van der Waals surface area contributed by atoms with E-state index < -0.39 is 28.6 Å². The summed E-state index contributed by atoms with van der Waals surface area (Å²) in [6, 6.07) is 9.49. The number of morpholine rings is 1. The summed E-state index contributed by atoms with van der Waals surface area (Å²) in [5, 5.41) is 20.4. The molecule has 0 saturated carbocycles. The highest BCUT2D eigenvalue weighted by Crippen LogP contribution is 2.23. The van der Waals surface area contributed by atoms with Crippen LogP contribution < -0.4 is 16.0 Å². The van der Waals surface area contributed by atoms with E-state index in [2.05, 4.69) is 30.8 Å². The average Bonchev–Trinajstić information content (AvgIpc) is 3.46. The maximum atomic E-state index is 13.2. The third-order valence-electron chi connectivity index (χ3n) is 6.43. The summed E-state index contributed by atoms with van der Waals surface area (Å²) in [5.74, 6) is -0.832. The van der Waals surface area contributed by atoms with Crippen molar-refractivity contribution in [1.29, 1.82) is 0 Å². The summed E-state index contributed by atoms with van der Waals surface area (Å²) in [6.07, 6.45) is 1.55. The molecule has 16 heteroatoms. The standard InChI is InChI=1S/C29H36N8O7S/c1-29(2,3)44-28(40)32-22-8-5-4-7-21(22)31-25(38)23-10-9-20(17-30-23)18-36(12-6-11-35-13-15-43-16-14-35)27(39)34-26-33-24(19-45-26)37(41)42/h4-5,7-10,17,19H,6,11-16,18H2,1-3H3,(H,31,38)(H,32,40)(H,33,34,39). The number of nitro groups is 1. The molecule has 0 radical (unpaired) electrons. The number of para-hydroxylation sites is 2. The van der Waals surface area contributed by atoms with Crippen molar-refractivity contribution in [3.8, 4) is 0 Å². The van der Waals surface area contributed by atoms with Crippen molar-refractivity contribution in [1.82, 2.24) is 19.8 Å². The highest BCUT2D eigenvalue weighted by atomic mass is 32.1. The van der Waals surface area contributed by atoms with Crippen LogP contribution in [0.3, 0.4) is 0 Å². The number of nitrogens with zero attached hydrogens (tertiary/aromatic N) is 5. The molecule has 1 fully saturated rings. The van der Waals surface area contributed by atoms with Crippen molar-refractivity contribution in [3.05, 3.63) is 69.3 Å². The van der Waals surface area contributed by atoms with Crippen LogP contribution in [0.2, 0.25) is 0 Å². The number of nitrogens with one attached hydrogen (secondary N) is 3. The Labute approximate surface area is 264 Å². The first-order chi connectivity index (χ1) is 21.5. The van der Waals surface area contributed by atoms with Gasteiger partial charge in [0.15, 0.2) is 0 Å². The van der Waals surface area contributed by atoms with E-state index in [1.165, 1.54) is 11.6 Å². The molecule has 4 rings (SSSR count). The molecule has 45 heavy (non-hydrogen) atoms. The summed E-state index contributed by atoms with van der Waals surface area (Å²) < 4.78 is 10.7. The number of amides is 4. The van der Waals surface area contributed by atoms with E-state index in [1.807, 2.05) is 0 Å². The van der Waals surface area contributed by atoms with Gasteiger partial charge in [-0.1, -0.05) is 29.5 Å². The predicted molar refractivity (Wildman–Crippen MR) is 169 cm³/mol. The number of thiazole rings is 1. The van der Waals surface area contributed by atoms with E-state index in [9.17, 15) is 24.5 Å². The molecule has 4 amide bonds. The van der Waals surface area contributed by atoms with Crippen LogP contribution >= 0.6 is 11.3 Å². The van der Waals surface area contributed by atoms with E-state index >= 15 is 0 Å². The van der Waals surface area contributed by atoms with Crippen molar-refractivity contribution in [2.75, 3.05) is 55.3 Å². The van der Waals surface area contributed by atoms with Gasteiger partial charge >= 0.3 is 23.1 Å². The van der Waals surface area contributed by atoms with Crippen molar-refractivity contribution in [2.45, 2.75) is 39.3 Å². The molecule has 0 spiro atoms. The van der Waals surface area contributed by atoms with Crippen molar-refractivity contribution in [2.24, 2.45) is 0 Å². The Kier molecular flexibility index (Phi) is 11.3. The monoisotopic (exact) mass is 640 g/mol. The molecule has 1 aliphatic rings. The number of hydrogen-bond acceptors (Lipinski definition) is 11. The highest BCUT2D eigenvalue weighted by molar-refractivity contribution is 7.14. The fraction of sp³-hybridized carbons (Fsp3) is 0.414. The minimum Gasteiger partial charge on any atom is -0.444 e. The number of ether oxygens (including phenoxy) is 2. The quantitative estimate of drug-likeness (QED) is 0.194. The van der Waals surface area contributed by atoms with Gasteiger partial charge in [0, 0.05) is 38.9 Å². The number of benzene rings is 1. The largest absolute Gasteiger partial charge is 0.444 e. The van der Waals surface area contributed by atoms with Gasteiger partial charge in [-0.05, 0) is 60.9 Å². The number of urea groups is 1. The van der Waals surface area contributed by atoms with Crippen molar-refractivity contribution >= 4 is 51.7 Å². The number of carbonyl (C=O) groups excluding carboxylic acids is 3. The first-order valence-electron chi connectivity index (χ1n) is 14.3. The number of anilines is 3. The van der Waals surface area contributed by atoms with E-state index in [0.717, 1.165) is 31.0 Å². The number of pyridine rings is 1. The molecule has 15 nitrogen and oxygen atoms in total. The SMILES string of the molecule is CC(C)(C)OC(=O)Nc1ccccc1NC(=O)c1ccc(CN(CCCN2CCOCC2)C(=O)Nc2nc([N+](=O)[O-])cs2)cn1. The molecule has 0 atom stereocenters. The second-order valence-electron chi connectivity index (χ2n) is 11.1. The minimum absolute atomic E-state index is 0.122. The number of aromatic nitrogens is 2. The van der Waals surface area contributed by atoms with Crippen LogP contribution in [-0.4, -0.2) is 87.7 Å². The van der Waals surface area contributed by atoms with Crippen LogP contribution in [0.5, 0.6) is 0 Å². The van der Waals surface area contributed by atoms with Gasteiger partial charge in [-0.25, -0.2) is 9.59 Å². The van der Waals surface area contributed by atoms with Gasteiger partial charge < -0.3 is 29.8 Å². The normalized spacial score (nSPS) is 13.5. The maximum absolute atomic E-state index is 13.2. The lowest BCUT2D eigenvalue weighted by Gasteiger charge is -2.28. The molecule has 1 saturated heterocycles. The van der Waals surface area contributed by atoms with Crippen LogP contribution in [-0.2, 0) is 16.0 Å². The maximum Gasteiger partial charge on any atom is 0.412 e. The Balaban J connectivity index is 1.40. The van der Waals surface area contributed by atoms with E-state index in [1.54, 1.807) is 62.1 Å². The molecule has 1 aromatic carbocycles. The second-order valence-corrected chi connectivity index (χ2v) is 12.0. The Morgan fingerprint density at radius 2 is 1.80 bits per heavy atom. The van der Waals surface area contributed by atoms with Crippen LogP contribution in [0.1, 0.15) is 43.2 Å². The van der Waals surface area contributed by atoms with Gasteiger partial charge in [0.05, 0.1) is 30.0 Å². The van der Waals surface area contributed by atoms with Gasteiger partial charge in [0.2, 0.25) is 0 Å². The minimum atomic E-state index is -0.686. The molecule has 240 valence electrons. The average molecular weight is 641 g/mol. The molecule has 3 aromatic rings. The Bertz CT molecular complexity index is 1490. The smallest absolute Gasteiger partial charge is 0.412 e. The Morgan fingerprint density at radius 1 is 1.09 bits per heavy atom. The molecule has 2 aromatic heterocycles. The third-order valence-corrected chi connectivity index (χ3v) is 7.17. The van der Waals surface area contributed by atoms with Crippen molar-refractivity contribution < 1.29 is 28.8 Å². The Morgan fingerprint density at radius 3 is 2.42 bits per heavy atom. The zero-order valence-electron chi connectivity index (χ0n) is 25.3. The van der Waals surface area contributed by atoms with Crippen LogP contribution in [0.4, 0.5) is 31.9 Å². The summed E-state index contributed by atoms with van der Waals surface area (Å²) in [7, 11) is 0. The molecular formula is C29H36N8O7S. The molecule has 3 heterocycles. The van der Waals surface area contributed by atoms with Gasteiger partial charge in [0.25, 0.3) is 5.91 Å². The van der Waals surface area contributed by atoms with Gasteiger partial charge in [-0.3, -0.25) is 25.3 Å². The number of hydrogen-bond donors (Lipinski definition) is 3. The summed E-state index contributed by atoms with van der Waals surface area (Å²) in [6.45, 7) is 9.60. The van der Waals surface area contributed by atoms with Gasteiger partial charge in [-0.2, -0.15) is 0 Å².